The Morgan fingerprint density at radius 2 is 1.70 bits per heavy atom. The van der Waals surface area contributed by atoms with Crippen LogP contribution in [0, 0.1) is 10.1 Å². The fourth-order valence-corrected chi connectivity index (χ4v) is 4.26. The van der Waals surface area contributed by atoms with E-state index in [2.05, 4.69) is 9.88 Å². The molecule has 0 N–H and O–H groups in total. The van der Waals surface area contributed by atoms with Crippen molar-refractivity contribution in [3.8, 4) is 0 Å². The zero-order valence-corrected chi connectivity index (χ0v) is 17.5. The highest BCUT2D eigenvalue weighted by molar-refractivity contribution is 6.24. The van der Waals surface area contributed by atoms with Crippen molar-refractivity contribution in [1.29, 1.82) is 0 Å². The third kappa shape index (κ3) is 3.55. The fraction of sp³-hybridized carbons (Fsp3) is 0.217. The second-order valence-electron chi connectivity index (χ2n) is 7.88. The van der Waals surface area contributed by atoms with Crippen LogP contribution in [0.2, 0.25) is 0 Å². The van der Waals surface area contributed by atoms with Gasteiger partial charge in [0.2, 0.25) is 5.91 Å². The summed E-state index contributed by atoms with van der Waals surface area (Å²) in [6.45, 7) is 1.50. The van der Waals surface area contributed by atoms with E-state index >= 15 is 0 Å². The SMILES string of the molecule is O=C(CN1C(=O)c2cccc([N+](=O)[O-])c2C1=O)N1CCN(c2ccc3ccccc3n2)CC1. The number of rotatable bonds is 4. The van der Waals surface area contributed by atoms with E-state index in [1.807, 2.05) is 36.4 Å². The Bertz CT molecular complexity index is 1320. The Morgan fingerprint density at radius 3 is 2.45 bits per heavy atom. The van der Waals surface area contributed by atoms with E-state index in [4.69, 9.17) is 0 Å². The number of pyridine rings is 1. The summed E-state index contributed by atoms with van der Waals surface area (Å²) in [4.78, 5) is 57.9. The van der Waals surface area contributed by atoms with E-state index in [0.717, 1.165) is 21.6 Å². The van der Waals surface area contributed by atoms with Gasteiger partial charge in [0.1, 0.15) is 17.9 Å². The van der Waals surface area contributed by atoms with Crippen LogP contribution in [0.15, 0.2) is 54.6 Å². The lowest BCUT2D eigenvalue weighted by atomic mass is 10.1. The van der Waals surface area contributed by atoms with Gasteiger partial charge in [0.05, 0.1) is 16.0 Å². The topological polar surface area (TPSA) is 117 Å². The average molecular weight is 445 g/mol. The number of aromatic nitrogens is 1. The molecular formula is C23H19N5O5. The first-order valence-corrected chi connectivity index (χ1v) is 10.5. The maximum absolute atomic E-state index is 12.8. The number of hydrogen-bond donors (Lipinski definition) is 0. The number of anilines is 1. The Kier molecular flexibility index (Phi) is 4.97. The van der Waals surface area contributed by atoms with Crippen LogP contribution in [0.25, 0.3) is 10.9 Å². The van der Waals surface area contributed by atoms with Gasteiger partial charge in [0.15, 0.2) is 0 Å². The van der Waals surface area contributed by atoms with E-state index < -0.39 is 29.0 Å². The van der Waals surface area contributed by atoms with Crippen molar-refractivity contribution in [1.82, 2.24) is 14.8 Å². The molecule has 2 aliphatic rings. The van der Waals surface area contributed by atoms with Crippen molar-refractivity contribution in [2.45, 2.75) is 0 Å². The van der Waals surface area contributed by atoms with Crippen LogP contribution in [-0.2, 0) is 4.79 Å². The molecule has 0 aliphatic carbocycles. The molecule has 10 nitrogen and oxygen atoms in total. The first-order valence-electron chi connectivity index (χ1n) is 10.5. The van der Waals surface area contributed by atoms with E-state index in [0.29, 0.717) is 26.2 Å². The maximum atomic E-state index is 12.8. The van der Waals surface area contributed by atoms with Gasteiger partial charge in [-0.05, 0) is 24.3 Å². The summed E-state index contributed by atoms with van der Waals surface area (Å²) in [5, 5.41) is 12.3. The van der Waals surface area contributed by atoms with Gasteiger partial charge in [-0.2, -0.15) is 0 Å². The van der Waals surface area contributed by atoms with Crippen molar-refractivity contribution in [2.24, 2.45) is 0 Å². The molecule has 166 valence electrons. The molecule has 33 heavy (non-hydrogen) atoms. The molecule has 3 heterocycles. The number of piperazine rings is 1. The number of para-hydroxylation sites is 1. The fourth-order valence-electron chi connectivity index (χ4n) is 4.26. The number of imide groups is 1. The molecule has 0 unspecified atom stereocenters. The number of hydrogen-bond acceptors (Lipinski definition) is 7. The van der Waals surface area contributed by atoms with Crippen LogP contribution in [0.1, 0.15) is 20.7 Å². The van der Waals surface area contributed by atoms with Gasteiger partial charge < -0.3 is 9.80 Å². The number of nitrogens with zero attached hydrogens (tertiary/aromatic N) is 5. The second-order valence-corrected chi connectivity index (χ2v) is 7.88. The summed E-state index contributed by atoms with van der Waals surface area (Å²) < 4.78 is 0. The molecule has 3 aromatic rings. The number of fused-ring (bicyclic) bond motifs is 2. The first-order chi connectivity index (χ1) is 15.9. The van der Waals surface area contributed by atoms with Gasteiger partial charge in [-0.25, -0.2) is 4.98 Å². The van der Waals surface area contributed by atoms with Gasteiger partial charge >= 0.3 is 0 Å². The first kappa shape index (κ1) is 20.6. The van der Waals surface area contributed by atoms with Gasteiger partial charge in [0, 0.05) is 37.6 Å². The molecule has 2 aromatic carbocycles. The van der Waals surface area contributed by atoms with Gasteiger partial charge in [-0.3, -0.25) is 29.4 Å². The lowest BCUT2D eigenvalue weighted by Gasteiger charge is -2.36. The average Bonchev–Trinajstić information content (AvgIpc) is 3.08. The minimum atomic E-state index is -0.811. The lowest BCUT2D eigenvalue weighted by Crippen LogP contribution is -2.52. The van der Waals surface area contributed by atoms with E-state index in [1.54, 1.807) is 4.90 Å². The summed E-state index contributed by atoms with van der Waals surface area (Å²) in [6.07, 6.45) is 0. The Balaban J connectivity index is 1.25. The maximum Gasteiger partial charge on any atom is 0.282 e. The molecule has 0 bridgehead atoms. The summed E-state index contributed by atoms with van der Waals surface area (Å²) in [5.74, 6) is -1.05. The third-order valence-corrected chi connectivity index (χ3v) is 6.01. The highest BCUT2D eigenvalue weighted by Gasteiger charge is 2.42. The number of amides is 3. The number of carbonyl (C=O) groups excluding carboxylic acids is 3. The summed E-state index contributed by atoms with van der Waals surface area (Å²) in [7, 11) is 0. The second kappa shape index (κ2) is 7.97. The van der Waals surface area contributed by atoms with Crippen molar-refractivity contribution in [3.63, 3.8) is 0 Å². The van der Waals surface area contributed by atoms with Crippen LogP contribution in [0.5, 0.6) is 0 Å². The van der Waals surface area contributed by atoms with Crippen molar-refractivity contribution >= 4 is 40.1 Å². The van der Waals surface area contributed by atoms with E-state index in [-0.39, 0.29) is 17.0 Å². The number of nitro benzene ring substituents is 1. The standard InChI is InChI=1S/C23H19N5O5/c29-20(14-27-22(30)16-5-3-7-18(28(32)33)21(16)23(27)31)26-12-10-25(11-13-26)19-9-8-15-4-1-2-6-17(15)24-19/h1-9H,10-14H2. The van der Waals surface area contributed by atoms with Gasteiger partial charge in [-0.15, -0.1) is 0 Å². The lowest BCUT2D eigenvalue weighted by molar-refractivity contribution is -0.385. The summed E-state index contributed by atoms with van der Waals surface area (Å²) >= 11 is 0. The highest BCUT2D eigenvalue weighted by atomic mass is 16.6. The van der Waals surface area contributed by atoms with Crippen LogP contribution in [0.3, 0.4) is 0 Å². The molecule has 3 amide bonds. The molecule has 5 rings (SSSR count). The van der Waals surface area contributed by atoms with E-state index in [1.165, 1.54) is 18.2 Å². The monoisotopic (exact) mass is 445 g/mol. The number of nitro groups is 1. The predicted molar refractivity (Wildman–Crippen MR) is 119 cm³/mol. The Morgan fingerprint density at radius 1 is 0.939 bits per heavy atom. The summed E-state index contributed by atoms with van der Waals surface area (Å²) in [5.41, 5.74) is 0.159. The molecule has 1 aromatic heterocycles. The normalized spacial score (nSPS) is 15.8. The number of benzene rings is 2. The highest BCUT2D eigenvalue weighted by Crippen LogP contribution is 2.30. The quantitative estimate of drug-likeness (QED) is 0.343. The Hall–Kier alpha value is -4.34. The van der Waals surface area contributed by atoms with Crippen molar-refractivity contribution in [2.75, 3.05) is 37.6 Å². The van der Waals surface area contributed by atoms with Crippen LogP contribution < -0.4 is 4.90 Å². The minimum absolute atomic E-state index is 0.0470. The van der Waals surface area contributed by atoms with Gasteiger partial charge in [-0.1, -0.05) is 24.3 Å². The molecule has 1 saturated heterocycles. The number of carbonyl (C=O) groups is 3. The largest absolute Gasteiger partial charge is 0.353 e. The zero-order valence-electron chi connectivity index (χ0n) is 17.5. The molecule has 1 fully saturated rings. The molecule has 10 heteroatoms. The van der Waals surface area contributed by atoms with Gasteiger partial charge in [0.25, 0.3) is 17.5 Å². The molecule has 0 atom stereocenters. The summed E-state index contributed by atoms with van der Waals surface area (Å²) in [6, 6.07) is 15.7. The molecular weight excluding hydrogens is 426 g/mol. The molecule has 0 spiro atoms. The van der Waals surface area contributed by atoms with Crippen molar-refractivity contribution in [3.05, 3.63) is 75.8 Å². The zero-order chi connectivity index (χ0) is 23.1. The smallest absolute Gasteiger partial charge is 0.282 e. The molecule has 2 aliphatic heterocycles. The van der Waals surface area contributed by atoms with Crippen LogP contribution in [-0.4, -0.2) is 70.2 Å². The molecule has 0 radical (unpaired) electrons. The van der Waals surface area contributed by atoms with Crippen LogP contribution in [0.4, 0.5) is 11.5 Å². The third-order valence-electron chi connectivity index (χ3n) is 6.01. The van der Waals surface area contributed by atoms with E-state index in [9.17, 15) is 24.5 Å². The Labute approximate surface area is 188 Å². The van der Waals surface area contributed by atoms with Crippen LogP contribution >= 0.6 is 0 Å². The predicted octanol–water partition coefficient (Wildman–Crippen LogP) is 2.09. The minimum Gasteiger partial charge on any atom is -0.353 e. The van der Waals surface area contributed by atoms with Crippen molar-refractivity contribution < 1.29 is 19.3 Å². The molecule has 0 saturated carbocycles.